The number of aromatic nitrogens is 2. The molecule has 1 fully saturated rings. The molecule has 19 heavy (non-hydrogen) atoms. The molecule has 0 radical (unpaired) electrons. The van der Waals surface area contributed by atoms with E-state index in [1.54, 1.807) is 0 Å². The van der Waals surface area contributed by atoms with Gasteiger partial charge in [0.05, 0.1) is 0 Å². The number of hydrogen-bond acceptors (Lipinski definition) is 5. The van der Waals surface area contributed by atoms with Crippen LogP contribution in [-0.4, -0.2) is 48.1 Å². The van der Waals surface area contributed by atoms with Gasteiger partial charge in [0.1, 0.15) is 17.5 Å². The number of nitrogens with two attached hydrogens (primary N) is 1. The lowest BCUT2D eigenvalue weighted by molar-refractivity contribution is 0.247. The molecule has 0 aromatic carbocycles. The molecule has 1 atom stereocenters. The predicted octanol–water partition coefficient (Wildman–Crippen LogP) is 1.46. The van der Waals surface area contributed by atoms with Crippen LogP contribution in [0.1, 0.15) is 31.2 Å². The van der Waals surface area contributed by atoms with Crippen LogP contribution in [0.2, 0.25) is 0 Å². The highest BCUT2D eigenvalue weighted by molar-refractivity contribution is 5.56. The number of hydrogen-bond donors (Lipinski definition) is 1. The first-order valence-electron chi connectivity index (χ1n) is 7.07. The second-order valence-electron chi connectivity index (χ2n) is 5.50. The molecule has 5 nitrogen and oxygen atoms in total. The molecule has 1 saturated heterocycles. The van der Waals surface area contributed by atoms with Crippen molar-refractivity contribution >= 4 is 11.6 Å². The predicted molar refractivity (Wildman–Crippen MR) is 79.5 cm³/mol. The second-order valence-corrected chi connectivity index (χ2v) is 5.50. The van der Waals surface area contributed by atoms with E-state index in [2.05, 4.69) is 40.8 Å². The third-order valence-corrected chi connectivity index (χ3v) is 4.00. The van der Waals surface area contributed by atoms with Gasteiger partial charge in [-0.1, -0.05) is 6.92 Å². The average molecular weight is 263 g/mol. The summed E-state index contributed by atoms with van der Waals surface area (Å²) < 4.78 is 0. The number of likely N-dealkylation sites (N-methyl/N-ethyl adjacent to an activating group) is 2. The molecule has 2 N–H and O–H groups in total. The number of aryl methyl sites for hydroxylation is 1. The Bertz CT molecular complexity index is 446. The molecule has 2 rings (SSSR count). The van der Waals surface area contributed by atoms with E-state index in [4.69, 9.17) is 5.73 Å². The van der Waals surface area contributed by atoms with Crippen molar-refractivity contribution in [1.82, 2.24) is 14.9 Å². The minimum absolute atomic E-state index is 0.511. The van der Waals surface area contributed by atoms with Crippen LogP contribution in [0.25, 0.3) is 0 Å². The maximum absolute atomic E-state index is 6.00. The Kier molecular flexibility index (Phi) is 4.24. The molecule has 0 bridgehead atoms. The van der Waals surface area contributed by atoms with Crippen molar-refractivity contribution in [2.75, 3.05) is 37.8 Å². The van der Waals surface area contributed by atoms with Gasteiger partial charge in [-0.2, -0.15) is 0 Å². The monoisotopic (exact) mass is 263 g/mol. The van der Waals surface area contributed by atoms with Crippen LogP contribution in [0.3, 0.4) is 0 Å². The SMILES string of the molecule is CCc1nc(N)c(C)c(N(C)C2CCCN(C)C2)n1. The molecule has 2 heterocycles. The second kappa shape index (κ2) is 5.74. The average Bonchev–Trinajstić information content (AvgIpc) is 2.41. The van der Waals surface area contributed by atoms with E-state index in [0.717, 1.165) is 30.2 Å². The first-order valence-corrected chi connectivity index (χ1v) is 7.07. The standard InChI is InChI=1S/C14H25N5/c1-5-12-16-13(15)10(2)14(17-12)19(4)11-7-6-8-18(3)9-11/h11H,5-9H2,1-4H3,(H2,15,16,17). The van der Waals surface area contributed by atoms with Crippen LogP contribution in [0, 0.1) is 6.92 Å². The van der Waals surface area contributed by atoms with Gasteiger partial charge in [0.15, 0.2) is 0 Å². The van der Waals surface area contributed by atoms with E-state index in [9.17, 15) is 0 Å². The van der Waals surface area contributed by atoms with Gasteiger partial charge < -0.3 is 15.5 Å². The van der Waals surface area contributed by atoms with Gasteiger partial charge in [-0.3, -0.25) is 0 Å². The summed E-state index contributed by atoms with van der Waals surface area (Å²) in [4.78, 5) is 13.7. The van der Waals surface area contributed by atoms with Crippen LogP contribution < -0.4 is 10.6 Å². The van der Waals surface area contributed by atoms with E-state index >= 15 is 0 Å². The van der Waals surface area contributed by atoms with E-state index in [-0.39, 0.29) is 0 Å². The van der Waals surface area contributed by atoms with Gasteiger partial charge in [-0.15, -0.1) is 0 Å². The number of rotatable bonds is 3. The van der Waals surface area contributed by atoms with E-state index < -0.39 is 0 Å². The highest BCUT2D eigenvalue weighted by Gasteiger charge is 2.24. The van der Waals surface area contributed by atoms with Crippen molar-refractivity contribution in [1.29, 1.82) is 0 Å². The van der Waals surface area contributed by atoms with Crippen molar-refractivity contribution < 1.29 is 0 Å². The Morgan fingerprint density at radius 2 is 2.16 bits per heavy atom. The van der Waals surface area contributed by atoms with Crippen molar-refractivity contribution in [2.45, 2.75) is 39.2 Å². The third kappa shape index (κ3) is 2.97. The van der Waals surface area contributed by atoms with Crippen LogP contribution >= 0.6 is 0 Å². The molecule has 1 aliphatic heterocycles. The summed E-state index contributed by atoms with van der Waals surface area (Å²) in [6, 6.07) is 0.511. The van der Waals surface area contributed by atoms with Crippen LogP contribution in [0.5, 0.6) is 0 Å². The first kappa shape index (κ1) is 14.1. The summed E-state index contributed by atoms with van der Waals surface area (Å²) in [5.41, 5.74) is 7.00. The topological polar surface area (TPSA) is 58.3 Å². The van der Waals surface area contributed by atoms with Crippen molar-refractivity contribution in [3.63, 3.8) is 0 Å². The van der Waals surface area contributed by atoms with Gasteiger partial charge in [-0.05, 0) is 33.4 Å². The van der Waals surface area contributed by atoms with Gasteiger partial charge in [-0.25, -0.2) is 9.97 Å². The fourth-order valence-electron chi connectivity index (χ4n) is 2.70. The highest BCUT2D eigenvalue weighted by Crippen LogP contribution is 2.25. The number of nitrogens with zero attached hydrogens (tertiary/aromatic N) is 4. The molecule has 1 aromatic rings. The van der Waals surface area contributed by atoms with Crippen LogP contribution in [0.15, 0.2) is 0 Å². The fraction of sp³-hybridized carbons (Fsp3) is 0.714. The molecule has 0 amide bonds. The molecule has 0 saturated carbocycles. The molecular formula is C14H25N5. The molecule has 106 valence electrons. The number of anilines is 2. The number of nitrogen functional groups attached to an aromatic ring is 1. The summed E-state index contributed by atoms with van der Waals surface area (Å²) in [5.74, 6) is 2.43. The van der Waals surface area contributed by atoms with E-state index in [0.29, 0.717) is 11.9 Å². The number of piperidine rings is 1. The summed E-state index contributed by atoms with van der Waals surface area (Å²) in [6.45, 7) is 6.34. The minimum atomic E-state index is 0.511. The van der Waals surface area contributed by atoms with E-state index in [1.807, 2.05) is 6.92 Å². The molecular weight excluding hydrogens is 238 g/mol. The van der Waals surface area contributed by atoms with Gasteiger partial charge in [0, 0.05) is 31.6 Å². The lowest BCUT2D eigenvalue weighted by atomic mass is 10.0. The van der Waals surface area contributed by atoms with Crippen LogP contribution in [-0.2, 0) is 6.42 Å². The normalized spacial score (nSPS) is 20.5. The summed E-state index contributed by atoms with van der Waals surface area (Å²) in [5, 5.41) is 0. The quantitative estimate of drug-likeness (QED) is 0.894. The third-order valence-electron chi connectivity index (χ3n) is 4.00. The number of likely N-dealkylation sites (tertiary alicyclic amines) is 1. The van der Waals surface area contributed by atoms with Crippen LogP contribution in [0.4, 0.5) is 11.6 Å². The first-order chi connectivity index (χ1) is 9.02. The fourth-order valence-corrected chi connectivity index (χ4v) is 2.70. The van der Waals surface area contributed by atoms with Gasteiger partial charge in [0.25, 0.3) is 0 Å². The lowest BCUT2D eigenvalue weighted by Gasteiger charge is -2.37. The maximum Gasteiger partial charge on any atom is 0.137 e. The minimum Gasteiger partial charge on any atom is -0.383 e. The van der Waals surface area contributed by atoms with Gasteiger partial charge in [0.2, 0.25) is 0 Å². The smallest absolute Gasteiger partial charge is 0.137 e. The zero-order valence-corrected chi connectivity index (χ0v) is 12.5. The van der Waals surface area contributed by atoms with Crippen molar-refractivity contribution in [3.05, 3.63) is 11.4 Å². The summed E-state index contributed by atoms with van der Waals surface area (Å²) in [6.07, 6.45) is 3.27. The van der Waals surface area contributed by atoms with E-state index in [1.165, 1.54) is 19.4 Å². The molecule has 0 aliphatic carbocycles. The summed E-state index contributed by atoms with van der Waals surface area (Å²) in [7, 11) is 4.30. The van der Waals surface area contributed by atoms with Gasteiger partial charge >= 0.3 is 0 Å². The van der Waals surface area contributed by atoms with Crippen molar-refractivity contribution in [3.8, 4) is 0 Å². The summed E-state index contributed by atoms with van der Waals surface area (Å²) >= 11 is 0. The Morgan fingerprint density at radius 3 is 2.79 bits per heavy atom. The zero-order chi connectivity index (χ0) is 14.0. The Balaban J connectivity index is 2.27. The lowest BCUT2D eigenvalue weighted by Crippen LogP contribution is -2.45. The molecule has 5 heteroatoms. The molecule has 1 unspecified atom stereocenters. The molecule has 0 spiro atoms. The zero-order valence-electron chi connectivity index (χ0n) is 12.5. The van der Waals surface area contributed by atoms with Crippen molar-refractivity contribution in [2.24, 2.45) is 0 Å². The Morgan fingerprint density at radius 1 is 1.42 bits per heavy atom. The maximum atomic E-state index is 6.00. The Labute approximate surface area is 115 Å². The Hall–Kier alpha value is -1.36. The molecule has 1 aliphatic rings. The largest absolute Gasteiger partial charge is 0.383 e. The highest BCUT2D eigenvalue weighted by atomic mass is 15.2. The molecule has 1 aromatic heterocycles.